The smallest absolute Gasteiger partial charge is 0.321 e. The number of thiazole rings is 2. The molecule has 2 heterocycles. The van der Waals surface area contributed by atoms with Gasteiger partial charge in [-0.15, -0.1) is 11.3 Å². The van der Waals surface area contributed by atoms with Gasteiger partial charge in [0.15, 0.2) is 10.3 Å². The summed E-state index contributed by atoms with van der Waals surface area (Å²) in [5, 5.41) is 11.7. The number of amides is 3. The van der Waals surface area contributed by atoms with Gasteiger partial charge < -0.3 is 10.6 Å². The van der Waals surface area contributed by atoms with Crippen LogP contribution in [0.1, 0.15) is 44.2 Å². The second kappa shape index (κ2) is 9.32. The lowest BCUT2D eigenvalue weighted by Gasteiger charge is -2.22. The van der Waals surface area contributed by atoms with E-state index >= 15 is 0 Å². The van der Waals surface area contributed by atoms with Crippen LogP contribution in [0.25, 0.3) is 10.2 Å². The summed E-state index contributed by atoms with van der Waals surface area (Å²) >= 11 is 2.83. The van der Waals surface area contributed by atoms with E-state index in [4.69, 9.17) is 0 Å². The fourth-order valence-corrected chi connectivity index (χ4v) is 5.02. The van der Waals surface area contributed by atoms with Gasteiger partial charge in [0, 0.05) is 17.8 Å². The van der Waals surface area contributed by atoms with Gasteiger partial charge in [0.05, 0.1) is 15.9 Å². The van der Waals surface area contributed by atoms with Gasteiger partial charge in [-0.3, -0.25) is 10.1 Å². The van der Waals surface area contributed by atoms with Crippen LogP contribution in [0.3, 0.4) is 0 Å². The molecule has 1 fully saturated rings. The van der Waals surface area contributed by atoms with Crippen molar-refractivity contribution in [1.82, 2.24) is 15.3 Å². The highest BCUT2D eigenvalue weighted by molar-refractivity contribution is 7.22. The van der Waals surface area contributed by atoms with Gasteiger partial charge in [-0.05, 0) is 31.4 Å². The minimum absolute atomic E-state index is 0.0957. The highest BCUT2D eigenvalue weighted by atomic mass is 32.1. The Labute approximate surface area is 177 Å². The number of aromatic nitrogens is 2. The number of carbonyl (C=O) groups excluding carboxylic acids is 2. The summed E-state index contributed by atoms with van der Waals surface area (Å²) < 4.78 is 1.05. The van der Waals surface area contributed by atoms with Crippen LogP contribution in [0.15, 0.2) is 29.6 Å². The first-order valence-corrected chi connectivity index (χ1v) is 11.5. The first kappa shape index (κ1) is 19.8. The summed E-state index contributed by atoms with van der Waals surface area (Å²) in [7, 11) is 0. The van der Waals surface area contributed by atoms with Crippen LogP contribution in [0.4, 0.5) is 15.1 Å². The molecule has 3 aromatic rings. The van der Waals surface area contributed by atoms with Crippen LogP contribution in [0, 0.1) is 0 Å². The van der Waals surface area contributed by atoms with E-state index in [-0.39, 0.29) is 18.0 Å². The monoisotopic (exact) mass is 429 g/mol. The summed E-state index contributed by atoms with van der Waals surface area (Å²) in [6, 6.07) is 7.85. The van der Waals surface area contributed by atoms with E-state index in [1.807, 2.05) is 29.6 Å². The Morgan fingerprint density at radius 1 is 1.03 bits per heavy atom. The number of fused-ring (bicyclic) bond motifs is 1. The second-order valence-corrected chi connectivity index (χ2v) is 9.00. The molecule has 4 rings (SSSR count). The van der Waals surface area contributed by atoms with E-state index in [9.17, 15) is 9.59 Å². The van der Waals surface area contributed by atoms with Gasteiger partial charge in [-0.1, -0.05) is 42.7 Å². The number of benzene rings is 1. The summed E-state index contributed by atoms with van der Waals surface area (Å²) in [5.41, 5.74) is 1.68. The molecule has 29 heavy (non-hydrogen) atoms. The maximum atomic E-state index is 12.2. The van der Waals surface area contributed by atoms with Crippen molar-refractivity contribution in [3.05, 3.63) is 35.3 Å². The Balaban J connectivity index is 1.23. The average Bonchev–Trinajstić information content (AvgIpc) is 3.33. The molecule has 0 saturated heterocycles. The van der Waals surface area contributed by atoms with Crippen molar-refractivity contribution in [3.8, 4) is 0 Å². The third-order valence-corrected chi connectivity index (χ3v) is 6.62. The predicted molar refractivity (Wildman–Crippen MR) is 118 cm³/mol. The van der Waals surface area contributed by atoms with Crippen molar-refractivity contribution in [2.75, 3.05) is 10.6 Å². The molecule has 152 valence electrons. The van der Waals surface area contributed by atoms with Crippen molar-refractivity contribution < 1.29 is 9.59 Å². The molecule has 1 aliphatic rings. The highest BCUT2D eigenvalue weighted by Gasteiger charge is 2.16. The van der Waals surface area contributed by atoms with Gasteiger partial charge in [0.2, 0.25) is 5.91 Å². The lowest BCUT2D eigenvalue weighted by Crippen LogP contribution is -2.38. The summed E-state index contributed by atoms with van der Waals surface area (Å²) in [4.78, 5) is 33.1. The third-order valence-electron chi connectivity index (χ3n) is 4.86. The second-order valence-electron chi connectivity index (χ2n) is 7.11. The van der Waals surface area contributed by atoms with Crippen LogP contribution in [-0.2, 0) is 11.2 Å². The minimum atomic E-state index is -0.202. The standard InChI is InChI=1S/C20H23N5O2S2/c26-17(24-20-23-15-8-4-5-9-16(15)29-20)11-10-14-12-28-19(22-14)25-18(27)21-13-6-2-1-3-7-13/h4-5,8-9,12-13H,1-3,6-7,10-11H2,(H,23,24,26)(H2,21,22,25,27). The quantitative estimate of drug-likeness (QED) is 0.525. The fourth-order valence-electron chi connectivity index (χ4n) is 3.39. The zero-order chi connectivity index (χ0) is 20.1. The van der Waals surface area contributed by atoms with Crippen LogP contribution >= 0.6 is 22.7 Å². The van der Waals surface area contributed by atoms with Crippen molar-refractivity contribution in [2.24, 2.45) is 0 Å². The molecule has 0 spiro atoms. The average molecular weight is 430 g/mol. The molecule has 0 unspecified atom stereocenters. The molecular weight excluding hydrogens is 406 g/mol. The molecular formula is C20H23N5O2S2. The maximum Gasteiger partial charge on any atom is 0.321 e. The Hall–Kier alpha value is -2.52. The Bertz CT molecular complexity index is 961. The van der Waals surface area contributed by atoms with Gasteiger partial charge in [-0.25, -0.2) is 14.8 Å². The number of urea groups is 1. The predicted octanol–water partition coefficient (Wildman–Crippen LogP) is 4.78. The topological polar surface area (TPSA) is 96.0 Å². The van der Waals surface area contributed by atoms with Crippen LogP contribution in [-0.4, -0.2) is 27.9 Å². The molecule has 1 aromatic carbocycles. The van der Waals surface area contributed by atoms with Crippen LogP contribution in [0.5, 0.6) is 0 Å². The number of hydrogen-bond donors (Lipinski definition) is 3. The number of nitrogens with zero attached hydrogens (tertiary/aromatic N) is 2. The van der Waals surface area contributed by atoms with E-state index in [0.29, 0.717) is 23.1 Å². The van der Waals surface area contributed by atoms with Crippen molar-refractivity contribution in [3.63, 3.8) is 0 Å². The lowest BCUT2D eigenvalue weighted by molar-refractivity contribution is -0.116. The Kier molecular flexibility index (Phi) is 6.36. The molecule has 0 atom stereocenters. The first-order valence-electron chi connectivity index (χ1n) is 9.83. The molecule has 3 amide bonds. The van der Waals surface area contributed by atoms with Crippen molar-refractivity contribution in [1.29, 1.82) is 0 Å². The molecule has 0 radical (unpaired) electrons. The Morgan fingerprint density at radius 3 is 2.69 bits per heavy atom. The number of carbonyl (C=O) groups is 2. The number of aryl methyl sites for hydroxylation is 1. The highest BCUT2D eigenvalue weighted by Crippen LogP contribution is 2.25. The summed E-state index contributed by atoms with van der Waals surface area (Å²) in [5.74, 6) is -0.0957. The molecule has 2 aromatic heterocycles. The van der Waals surface area contributed by atoms with Crippen molar-refractivity contribution >= 4 is 55.1 Å². The van der Waals surface area contributed by atoms with Crippen molar-refractivity contribution in [2.45, 2.75) is 51.0 Å². The number of para-hydroxylation sites is 1. The normalized spacial score (nSPS) is 14.6. The summed E-state index contributed by atoms with van der Waals surface area (Å²) in [6.07, 6.45) is 6.51. The van der Waals surface area contributed by atoms with E-state index < -0.39 is 0 Å². The van der Waals surface area contributed by atoms with Gasteiger partial charge in [0.1, 0.15) is 0 Å². The third kappa shape index (κ3) is 5.51. The van der Waals surface area contributed by atoms with Gasteiger partial charge in [0.25, 0.3) is 0 Å². The zero-order valence-electron chi connectivity index (χ0n) is 15.9. The van der Waals surface area contributed by atoms with Crippen LogP contribution < -0.4 is 16.0 Å². The fraction of sp³-hybridized carbons (Fsp3) is 0.400. The van der Waals surface area contributed by atoms with E-state index in [1.54, 1.807) is 0 Å². The van der Waals surface area contributed by atoms with Gasteiger partial charge in [-0.2, -0.15) is 0 Å². The molecule has 7 nitrogen and oxygen atoms in total. The molecule has 0 bridgehead atoms. The largest absolute Gasteiger partial charge is 0.335 e. The SMILES string of the molecule is O=C(CCc1csc(NC(=O)NC2CCCCC2)n1)Nc1nc2ccccc2s1. The Morgan fingerprint density at radius 2 is 1.86 bits per heavy atom. The molecule has 3 N–H and O–H groups in total. The zero-order valence-corrected chi connectivity index (χ0v) is 17.6. The van der Waals surface area contributed by atoms with E-state index in [0.717, 1.165) is 28.8 Å². The minimum Gasteiger partial charge on any atom is -0.335 e. The summed E-state index contributed by atoms with van der Waals surface area (Å²) in [6.45, 7) is 0. The van der Waals surface area contributed by atoms with Crippen LogP contribution in [0.2, 0.25) is 0 Å². The van der Waals surface area contributed by atoms with E-state index in [1.165, 1.54) is 41.9 Å². The van der Waals surface area contributed by atoms with E-state index in [2.05, 4.69) is 25.9 Å². The molecule has 9 heteroatoms. The lowest BCUT2D eigenvalue weighted by atomic mass is 9.96. The van der Waals surface area contributed by atoms with Gasteiger partial charge >= 0.3 is 6.03 Å². The number of hydrogen-bond acceptors (Lipinski definition) is 6. The number of anilines is 2. The maximum absolute atomic E-state index is 12.2. The number of nitrogens with one attached hydrogen (secondary N) is 3. The molecule has 1 saturated carbocycles. The molecule has 0 aliphatic heterocycles. The number of rotatable bonds is 6. The molecule has 1 aliphatic carbocycles. The first-order chi connectivity index (χ1) is 14.2.